The van der Waals surface area contributed by atoms with Gasteiger partial charge in [0, 0.05) is 44.1 Å². The Balaban J connectivity index is 1.69. The molecule has 3 rings (SSSR count). The van der Waals surface area contributed by atoms with Crippen molar-refractivity contribution in [3.8, 4) is 11.5 Å². The molecule has 1 saturated heterocycles. The highest BCUT2D eigenvalue weighted by Gasteiger charge is 2.24. The summed E-state index contributed by atoms with van der Waals surface area (Å²) in [5.41, 5.74) is 1.19. The average molecular weight is 357 g/mol. The lowest BCUT2D eigenvalue weighted by Crippen LogP contribution is -2.37. The van der Waals surface area contributed by atoms with Crippen molar-refractivity contribution in [2.45, 2.75) is 6.42 Å². The molecule has 2 heterocycles. The highest BCUT2D eigenvalue weighted by Crippen LogP contribution is 2.28. The number of methoxy groups -OCH3 is 2. The van der Waals surface area contributed by atoms with Gasteiger partial charge in [-0.15, -0.1) is 0 Å². The number of carbonyl (C=O) groups is 2. The first-order valence-electron chi connectivity index (χ1n) is 8.57. The van der Waals surface area contributed by atoms with E-state index in [-0.39, 0.29) is 11.8 Å². The third-order valence-corrected chi connectivity index (χ3v) is 4.55. The Morgan fingerprint density at radius 2 is 1.54 bits per heavy atom. The number of rotatable bonds is 4. The summed E-state index contributed by atoms with van der Waals surface area (Å²) in [7, 11) is 3.10. The molecular formula is C19H23N3O4. The lowest BCUT2D eigenvalue weighted by Gasteiger charge is -2.22. The normalized spacial score (nSPS) is 14.7. The first-order chi connectivity index (χ1) is 12.6. The van der Waals surface area contributed by atoms with Crippen molar-refractivity contribution in [2.75, 3.05) is 40.4 Å². The van der Waals surface area contributed by atoms with Gasteiger partial charge in [-0.1, -0.05) is 0 Å². The van der Waals surface area contributed by atoms with Crippen LogP contribution in [-0.2, 0) is 0 Å². The van der Waals surface area contributed by atoms with Gasteiger partial charge in [-0.2, -0.15) is 0 Å². The standard InChI is InChI=1S/C19H23N3O4/c1-25-16-5-4-14(12-17(16)26-2)18(23)21-8-3-9-22(11-10-21)19(24)15-6-7-20-13-15/h4-7,12-13,20H,3,8-11H2,1-2H3. The molecule has 0 bridgehead atoms. The molecule has 0 saturated carbocycles. The summed E-state index contributed by atoms with van der Waals surface area (Å²) in [4.78, 5) is 31.8. The Hall–Kier alpha value is -2.96. The van der Waals surface area contributed by atoms with E-state index in [2.05, 4.69) is 4.98 Å². The lowest BCUT2D eigenvalue weighted by molar-refractivity contribution is 0.0718. The Bertz CT molecular complexity index is 773. The van der Waals surface area contributed by atoms with Crippen molar-refractivity contribution in [3.63, 3.8) is 0 Å². The molecule has 2 amide bonds. The second kappa shape index (κ2) is 7.95. The van der Waals surface area contributed by atoms with Crippen molar-refractivity contribution in [3.05, 3.63) is 47.8 Å². The fraction of sp³-hybridized carbons (Fsp3) is 0.368. The minimum absolute atomic E-state index is 0.00772. The third-order valence-electron chi connectivity index (χ3n) is 4.55. The fourth-order valence-electron chi connectivity index (χ4n) is 3.11. The van der Waals surface area contributed by atoms with Crippen LogP contribution >= 0.6 is 0 Å². The Morgan fingerprint density at radius 3 is 2.12 bits per heavy atom. The van der Waals surface area contributed by atoms with Gasteiger partial charge in [0.05, 0.1) is 19.8 Å². The molecule has 1 aromatic carbocycles. The molecule has 1 fully saturated rings. The zero-order chi connectivity index (χ0) is 18.5. The van der Waals surface area contributed by atoms with E-state index in [1.807, 2.05) is 0 Å². The molecule has 0 unspecified atom stereocenters. The Labute approximate surface area is 152 Å². The van der Waals surface area contributed by atoms with E-state index in [0.717, 1.165) is 6.42 Å². The number of nitrogens with one attached hydrogen (secondary N) is 1. The predicted molar refractivity (Wildman–Crippen MR) is 96.8 cm³/mol. The molecule has 1 N–H and O–H groups in total. The van der Waals surface area contributed by atoms with Crippen LogP contribution in [0.5, 0.6) is 11.5 Å². The minimum Gasteiger partial charge on any atom is -0.493 e. The summed E-state index contributed by atoms with van der Waals surface area (Å²) in [6, 6.07) is 6.91. The molecular weight excluding hydrogens is 334 g/mol. The number of aromatic nitrogens is 1. The maximum atomic E-state index is 12.8. The summed E-state index contributed by atoms with van der Waals surface area (Å²) in [5.74, 6) is 1.04. The number of nitrogens with zero attached hydrogens (tertiary/aromatic N) is 2. The van der Waals surface area contributed by atoms with Crippen LogP contribution < -0.4 is 9.47 Å². The molecule has 26 heavy (non-hydrogen) atoms. The van der Waals surface area contributed by atoms with Crippen LogP contribution in [0.1, 0.15) is 27.1 Å². The zero-order valence-electron chi connectivity index (χ0n) is 15.0. The molecule has 0 atom stereocenters. The number of benzene rings is 1. The van der Waals surface area contributed by atoms with Crippen molar-refractivity contribution in [1.82, 2.24) is 14.8 Å². The predicted octanol–water partition coefficient (Wildman–Crippen LogP) is 2.02. The zero-order valence-corrected chi connectivity index (χ0v) is 15.0. The van der Waals surface area contributed by atoms with Crippen molar-refractivity contribution in [2.24, 2.45) is 0 Å². The van der Waals surface area contributed by atoms with Gasteiger partial charge in [0.2, 0.25) is 0 Å². The number of hydrogen-bond donors (Lipinski definition) is 1. The summed E-state index contributed by atoms with van der Waals surface area (Å²) < 4.78 is 10.5. The molecule has 7 heteroatoms. The van der Waals surface area contributed by atoms with Gasteiger partial charge in [0.25, 0.3) is 11.8 Å². The maximum absolute atomic E-state index is 12.8. The van der Waals surface area contributed by atoms with Crippen LogP contribution in [0.2, 0.25) is 0 Å². The molecule has 7 nitrogen and oxygen atoms in total. The summed E-state index contributed by atoms with van der Waals surface area (Å²) in [5, 5.41) is 0. The van der Waals surface area contributed by atoms with E-state index in [0.29, 0.717) is 48.8 Å². The van der Waals surface area contributed by atoms with E-state index >= 15 is 0 Å². The van der Waals surface area contributed by atoms with Crippen molar-refractivity contribution < 1.29 is 19.1 Å². The molecule has 0 aliphatic carbocycles. The first-order valence-corrected chi connectivity index (χ1v) is 8.57. The third kappa shape index (κ3) is 3.66. The SMILES string of the molecule is COc1ccc(C(=O)N2CCCN(C(=O)c3cc[nH]c3)CC2)cc1OC. The van der Waals surface area contributed by atoms with Gasteiger partial charge in [-0.25, -0.2) is 0 Å². The maximum Gasteiger partial charge on any atom is 0.255 e. The van der Waals surface area contributed by atoms with Gasteiger partial charge in [-0.05, 0) is 30.7 Å². The monoisotopic (exact) mass is 357 g/mol. The molecule has 0 spiro atoms. The number of amides is 2. The fourth-order valence-corrected chi connectivity index (χ4v) is 3.11. The van der Waals surface area contributed by atoms with E-state index < -0.39 is 0 Å². The van der Waals surface area contributed by atoms with E-state index in [1.165, 1.54) is 0 Å². The van der Waals surface area contributed by atoms with Crippen LogP contribution in [0.25, 0.3) is 0 Å². The van der Waals surface area contributed by atoms with Crippen LogP contribution in [0.15, 0.2) is 36.7 Å². The minimum atomic E-state index is -0.0677. The first kappa shape index (κ1) is 17.8. The number of H-pyrrole nitrogens is 1. The van der Waals surface area contributed by atoms with Crippen LogP contribution in [0.4, 0.5) is 0 Å². The number of hydrogen-bond acceptors (Lipinski definition) is 4. The molecule has 1 aromatic heterocycles. The lowest BCUT2D eigenvalue weighted by atomic mass is 10.1. The van der Waals surface area contributed by atoms with Gasteiger partial charge >= 0.3 is 0 Å². The van der Waals surface area contributed by atoms with Gasteiger partial charge in [0.15, 0.2) is 11.5 Å². The molecule has 0 radical (unpaired) electrons. The topological polar surface area (TPSA) is 74.9 Å². The highest BCUT2D eigenvalue weighted by molar-refractivity contribution is 5.95. The van der Waals surface area contributed by atoms with Crippen LogP contribution in [-0.4, -0.2) is 67.0 Å². The second-order valence-electron chi connectivity index (χ2n) is 6.11. The number of ether oxygens (including phenoxy) is 2. The van der Waals surface area contributed by atoms with Crippen LogP contribution in [0, 0.1) is 0 Å². The average Bonchev–Trinajstić information content (AvgIpc) is 3.11. The van der Waals surface area contributed by atoms with Crippen LogP contribution in [0.3, 0.4) is 0 Å². The molecule has 2 aromatic rings. The largest absolute Gasteiger partial charge is 0.493 e. The number of aromatic amines is 1. The van der Waals surface area contributed by atoms with E-state index in [4.69, 9.17) is 9.47 Å². The summed E-state index contributed by atoms with van der Waals surface area (Å²) in [6.07, 6.45) is 4.17. The molecule has 138 valence electrons. The Morgan fingerprint density at radius 1 is 0.885 bits per heavy atom. The second-order valence-corrected chi connectivity index (χ2v) is 6.11. The number of carbonyl (C=O) groups excluding carboxylic acids is 2. The quantitative estimate of drug-likeness (QED) is 0.908. The van der Waals surface area contributed by atoms with E-state index in [1.54, 1.807) is 60.7 Å². The van der Waals surface area contributed by atoms with Gasteiger partial charge < -0.3 is 24.3 Å². The summed E-state index contributed by atoms with van der Waals surface area (Å²) >= 11 is 0. The van der Waals surface area contributed by atoms with Gasteiger partial charge in [-0.3, -0.25) is 9.59 Å². The molecule has 1 aliphatic rings. The van der Waals surface area contributed by atoms with Gasteiger partial charge in [0.1, 0.15) is 0 Å². The molecule has 1 aliphatic heterocycles. The van der Waals surface area contributed by atoms with E-state index in [9.17, 15) is 9.59 Å². The summed E-state index contributed by atoms with van der Waals surface area (Å²) in [6.45, 7) is 2.27. The smallest absolute Gasteiger partial charge is 0.255 e. The van der Waals surface area contributed by atoms with Crippen molar-refractivity contribution in [1.29, 1.82) is 0 Å². The Kier molecular flexibility index (Phi) is 5.46. The van der Waals surface area contributed by atoms with Crippen molar-refractivity contribution >= 4 is 11.8 Å². The highest BCUT2D eigenvalue weighted by atomic mass is 16.5.